The first-order valence-electron chi connectivity index (χ1n) is 7.34. The maximum absolute atomic E-state index is 12.6. The van der Waals surface area contributed by atoms with Crippen molar-refractivity contribution < 1.29 is 13.2 Å². The van der Waals surface area contributed by atoms with E-state index in [-0.39, 0.29) is 5.96 Å². The lowest BCUT2D eigenvalue weighted by molar-refractivity contribution is -0.137. The van der Waals surface area contributed by atoms with Gasteiger partial charge in [-0.15, -0.1) is 0 Å². The molecule has 0 unspecified atom stereocenters. The van der Waals surface area contributed by atoms with Crippen molar-refractivity contribution >= 4 is 11.8 Å². The number of alkyl halides is 3. The van der Waals surface area contributed by atoms with Crippen LogP contribution in [0.3, 0.4) is 0 Å². The quantitative estimate of drug-likeness (QED) is 0.659. The number of nitrogens with zero attached hydrogens (tertiary/aromatic N) is 2. The molecule has 0 spiro atoms. The van der Waals surface area contributed by atoms with Crippen molar-refractivity contribution in [1.82, 2.24) is 4.98 Å². The summed E-state index contributed by atoms with van der Waals surface area (Å²) in [6.45, 7) is 4.12. The standard InChI is InChI=1S/C17H19F3N4/c1-16(2,12-6-8-13(9-7-12)17(18,19)20)11-23-15(21)24-14-5-3-4-10-22-14/h3-10H,11H2,1-2H3,(H3,21,22,23,24). The molecule has 0 saturated carbocycles. The third-order valence-corrected chi connectivity index (χ3v) is 3.56. The second-order valence-corrected chi connectivity index (χ2v) is 6.00. The molecule has 0 bridgehead atoms. The highest BCUT2D eigenvalue weighted by atomic mass is 19.4. The van der Waals surface area contributed by atoms with Crippen LogP contribution in [-0.2, 0) is 11.6 Å². The molecule has 0 radical (unpaired) electrons. The molecule has 0 aliphatic carbocycles. The minimum absolute atomic E-state index is 0.202. The van der Waals surface area contributed by atoms with E-state index in [2.05, 4.69) is 15.3 Å². The molecule has 0 saturated heterocycles. The van der Waals surface area contributed by atoms with Crippen molar-refractivity contribution in [3.05, 3.63) is 59.8 Å². The summed E-state index contributed by atoms with van der Waals surface area (Å²) < 4.78 is 37.9. The number of aliphatic imine (C=N–C) groups is 1. The lowest BCUT2D eigenvalue weighted by Gasteiger charge is -2.24. The van der Waals surface area contributed by atoms with Gasteiger partial charge in [-0.05, 0) is 29.8 Å². The Bertz CT molecular complexity index is 692. The molecule has 1 heterocycles. The Labute approximate surface area is 138 Å². The first-order valence-corrected chi connectivity index (χ1v) is 7.34. The summed E-state index contributed by atoms with van der Waals surface area (Å²) in [6.07, 6.45) is -2.71. The van der Waals surface area contributed by atoms with Crippen molar-refractivity contribution in [2.75, 3.05) is 11.9 Å². The zero-order valence-electron chi connectivity index (χ0n) is 13.4. The van der Waals surface area contributed by atoms with Crippen LogP contribution in [0.2, 0.25) is 0 Å². The first kappa shape index (κ1) is 17.8. The number of pyridine rings is 1. The monoisotopic (exact) mass is 336 g/mol. The molecular weight excluding hydrogens is 317 g/mol. The van der Waals surface area contributed by atoms with Crippen LogP contribution in [0.5, 0.6) is 0 Å². The van der Waals surface area contributed by atoms with Gasteiger partial charge in [0.05, 0.1) is 12.1 Å². The summed E-state index contributed by atoms with van der Waals surface area (Å²) in [5, 5.41) is 2.86. The van der Waals surface area contributed by atoms with E-state index in [1.165, 1.54) is 12.1 Å². The first-order chi connectivity index (χ1) is 11.2. The van der Waals surface area contributed by atoms with Crippen molar-refractivity contribution in [3.8, 4) is 0 Å². The van der Waals surface area contributed by atoms with Crippen LogP contribution in [0.4, 0.5) is 19.0 Å². The van der Waals surface area contributed by atoms with Crippen LogP contribution in [-0.4, -0.2) is 17.5 Å². The molecule has 3 N–H and O–H groups in total. The van der Waals surface area contributed by atoms with Crippen LogP contribution < -0.4 is 11.1 Å². The average Bonchev–Trinajstić information content (AvgIpc) is 2.53. The SMILES string of the molecule is CC(C)(CN=C(N)Nc1ccccn1)c1ccc(C(F)(F)F)cc1. The summed E-state index contributed by atoms with van der Waals surface area (Å²) in [6, 6.07) is 10.5. The Morgan fingerprint density at radius 1 is 1.08 bits per heavy atom. The van der Waals surface area contributed by atoms with Gasteiger partial charge < -0.3 is 11.1 Å². The van der Waals surface area contributed by atoms with E-state index < -0.39 is 17.2 Å². The Morgan fingerprint density at radius 2 is 1.71 bits per heavy atom. The smallest absolute Gasteiger partial charge is 0.370 e. The van der Waals surface area contributed by atoms with E-state index in [0.29, 0.717) is 12.4 Å². The van der Waals surface area contributed by atoms with Gasteiger partial charge in [0, 0.05) is 11.6 Å². The van der Waals surface area contributed by atoms with Crippen LogP contribution in [0, 0.1) is 0 Å². The Morgan fingerprint density at radius 3 is 2.25 bits per heavy atom. The molecule has 7 heteroatoms. The van der Waals surface area contributed by atoms with Crippen LogP contribution in [0.1, 0.15) is 25.0 Å². The van der Waals surface area contributed by atoms with Crippen LogP contribution in [0.25, 0.3) is 0 Å². The number of benzene rings is 1. The summed E-state index contributed by atoms with van der Waals surface area (Å²) in [4.78, 5) is 8.34. The molecule has 0 aliphatic heterocycles. The number of halogens is 3. The van der Waals surface area contributed by atoms with Gasteiger partial charge in [0.1, 0.15) is 5.82 Å². The number of anilines is 1. The van der Waals surface area contributed by atoms with Crippen molar-refractivity contribution in [2.45, 2.75) is 25.4 Å². The normalized spacial score (nSPS) is 13.0. The zero-order valence-corrected chi connectivity index (χ0v) is 13.4. The maximum Gasteiger partial charge on any atom is 0.416 e. The fourth-order valence-electron chi connectivity index (χ4n) is 2.09. The molecule has 1 aromatic heterocycles. The van der Waals surface area contributed by atoms with Gasteiger partial charge in [0.15, 0.2) is 5.96 Å². The Balaban J connectivity index is 2.06. The molecule has 0 aliphatic rings. The number of nitrogens with one attached hydrogen (secondary N) is 1. The van der Waals surface area contributed by atoms with Gasteiger partial charge in [-0.25, -0.2) is 4.98 Å². The minimum atomic E-state index is -4.34. The largest absolute Gasteiger partial charge is 0.416 e. The molecular formula is C17H19F3N4. The second-order valence-electron chi connectivity index (χ2n) is 6.00. The molecule has 2 aromatic rings. The number of guanidine groups is 1. The van der Waals surface area contributed by atoms with Gasteiger partial charge >= 0.3 is 6.18 Å². The van der Waals surface area contributed by atoms with E-state index in [4.69, 9.17) is 5.73 Å². The lowest BCUT2D eigenvalue weighted by atomic mass is 9.84. The minimum Gasteiger partial charge on any atom is -0.370 e. The third kappa shape index (κ3) is 4.71. The molecule has 1 aromatic carbocycles. The lowest BCUT2D eigenvalue weighted by Crippen LogP contribution is -2.28. The topological polar surface area (TPSA) is 63.3 Å². The summed E-state index contributed by atoms with van der Waals surface area (Å²) >= 11 is 0. The zero-order chi connectivity index (χ0) is 17.8. The summed E-state index contributed by atoms with van der Waals surface area (Å²) in [7, 11) is 0. The fourth-order valence-corrected chi connectivity index (χ4v) is 2.09. The van der Waals surface area contributed by atoms with E-state index in [1.54, 1.807) is 18.3 Å². The highest BCUT2D eigenvalue weighted by Gasteiger charge is 2.31. The predicted octanol–water partition coefficient (Wildman–Crippen LogP) is 3.80. The molecule has 0 fully saturated rings. The molecule has 0 atom stereocenters. The van der Waals surface area contributed by atoms with Gasteiger partial charge in [0.2, 0.25) is 0 Å². The molecule has 0 amide bonds. The number of rotatable bonds is 4. The summed E-state index contributed by atoms with van der Waals surface area (Å²) in [5.41, 5.74) is 5.45. The number of hydrogen-bond acceptors (Lipinski definition) is 2. The summed E-state index contributed by atoms with van der Waals surface area (Å²) in [5.74, 6) is 0.778. The van der Waals surface area contributed by atoms with Gasteiger partial charge in [-0.3, -0.25) is 4.99 Å². The second kappa shape index (κ2) is 6.90. The average molecular weight is 336 g/mol. The Kier molecular flexibility index (Phi) is 5.11. The van der Waals surface area contributed by atoms with Gasteiger partial charge in [-0.2, -0.15) is 13.2 Å². The molecule has 24 heavy (non-hydrogen) atoms. The maximum atomic E-state index is 12.6. The van der Waals surface area contributed by atoms with E-state index in [1.807, 2.05) is 19.9 Å². The highest BCUT2D eigenvalue weighted by Crippen LogP contribution is 2.31. The number of aromatic nitrogens is 1. The third-order valence-electron chi connectivity index (χ3n) is 3.56. The van der Waals surface area contributed by atoms with Crippen molar-refractivity contribution in [2.24, 2.45) is 10.7 Å². The van der Waals surface area contributed by atoms with E-state index >= 15 is 0 Å². The number of nitrogens with two attached hydrogens (primary N) is 1. The van der Waals surface area contributed by atoms with Crippen LogP contribution >= 0.6 is 0 Å². The van der Waals surface area contributed by atoms with Gasteiger partial charge in [-0.1, -0.05) is 32.0 Å². The van der Waals surface area contributed by atoms with Crippen molar-refractivity contribution in [3.63, 3.8) is 0 Å². The highest BCUT2D eigenvalue weighted by molar-refractivity contribution is 5.91. The van der Waals surface area contributed by atoms with Crippen molar-refractivity contribution in [1.29, 1.82) is 0 Å². The van der Waals surface area contributed by atoms with Gasteiger partial charge in [0.25, 0.3) is 0 Å². The number of hydrogen-bond donors (Lipinski definition) is 2. The molecule has 128 valence electrons. The van der Waals surface area contributed by atoms with Crippen LogP contribution in [0.15, 0.2) is 53.7 Å². The Hall–Kier alpha value is -2.57. The van der Waals surface area contributed by atoms with E-state index in [0.717, 1.165) is 17.7 Å². The molecule has 2 rings (SSSR count). The van der Waals surface area contributed by atoms with E-state index in [9.17, 15) is 13.2 Å². The molecule has 4 nitrogen and oxygen atoms in total. The fraction of sp³-hybridized carbons (Fsp3) is 0.294. The predicted molar refractivity (Wildman–Crippen MR) is 88.8 cm³/mol.